The fourth-order valence-electron chi connectivity index (χ4n) is 0.456. The first-order chi connectivity index (χ1) is 4.70. The number of hydrogen-bond acceptors (Lipinski definition) is 4. The van der Waals surface area contributed by atoms with Gasteiger partial charge in [-0.25, -0.2) is 9.97 Å². The summed E-state index contributed by atoms with van der Waals surface area (Å²) in [6, 6.07) is 0. The number of aromatic nitrogens is 2. The summed E-state index contributed by atoms with van der Waals surface area (Å²) >= 11 is 3.11. The van der Waals surface area contributed by atoms with E-state index in [9.17, 15) is 0 Å². The van der Waals surface area contributed by atoms with Crippen LogP contribution in [-0.2, 0) is 0 Å². The maximum absolute atomic E-state index is 8.53. The zero-order valence-electron chi connectivity index (χ0n) is 4.90. The van der Waals surface area contributed by atoms with E-state index < -0.39 is 7.12 Å². The van der Waals surface area contributed by atoms with Gasteiger partial charge in [-0.05, 0) is 15.9 Å². The van der Waals surface area contributed by atoms with E-state index in [2.05, 4.69) is 25.9 Å². The van der Waals surface area contributed by atoms with E-state index >= 15 is 0 Å². The summed E-state index contributed by atoms with van der Waals surface area (Å²) in [5.74, 6) is 0. The van der Waals surface area contributed by atoms with Crippen molar-refractivity contribution < 1.29 is 10.0 Å². The molecule has 1 aromatic heterocycles. The number of nitrogens with zero attached hydrogens (tertiary/aromatic N) is 2. The van der Waals surface area contributed by atoms with Crippen LogP contribution >= 0.6 is 15.9 Å². The van der Waals surface area contributed by atoms with Crippen molar-refractivity contribution in [3.63, 3.8) is 0 Å². The predicted molar refractivity (Wildman–Crippen MR) is 39.6 cm³/mol. The number of rotatable bonds is 1. The fraction of sp³-hybridized carbons (Fsp3) is 0. The second-order valence-corrected chi connectivity index (χ2v) is 2.55. The van der Waals surface area contributed by atoms with Gasteiger partial charge in [0.1, 0.15) is 0 Å². The molecule has 0 saturated carbocycles. The van der Waals surface area contributed by atoms with Crippen LogP contribution in [0.2, 0.25) is 0 Å². The highest BCUT2D eigenvalue weighted by atomic mass is 79.9. The Morgan fingerprint density at radius 1 is 1.30 bits per heavy atom. The largest absolute Gasteiger partial charge is 0.528 e. The molecule has 0 aliphatic heterocycles. The number of halogens is 1. The van der Waals surface area contributed by atoms with Crippen molar-refractivity contribution in [2.75, 3.05) is 0 Å². The van der Waals surface area contributed by atoms with Gasteiger partial charge in [-0.3, -0.25) is 0 Å². The van der Waals surface area contributed by atoms with Gasteiger partial charge in [0.05, 0.1) is 4.47 Å². The van der Waals surface area contributed by atoms with Crippen molar-refractivity contribution in [2.24, 2.45) is 0 Å². The Labute approximate surface area is 66.2 Å². The van der Waals surface area contributed by atoms with Gasteiger partial charge >= 0.3 is 7.12 Å². The molecular weight excluding hydrogens is 199 g/mol. The maximum Gasteiger partial charge on any atom is 0.528 e. The highest BCUT2D eigenvalue weighted by molar-refractivity contribution is 9.10. The Morgan fingerprint density at radius 2 is 1.80 bits per heavy atom. The van der Waals surface area contributed by atoms with Crippen LogP contribution in [0.3, 0.4) is 0 Å². The summed E-state index contributed by atoms with van der Waals surface area (Å²) in [6.07, 6.45) is 2.89. The topological polar surface area (TPSA) is 66.2 Å². The van der Waals surface area contributed by atoms with Gasteiger partial charge in [0.15, 0.2) is 5.72 Å². The molecule has 52 valence electrons. The first kappa shape index (κ1) is 7.65. The molecule has 0 bridgehead atoms. The molecule has 0 spiro atoms. The van der Waals surface area contributed by atoms with E-state index in [4.69, 9.17) is 10.0 Å². The van der Waals surface area contributed by atoms with E-state index in [-0.39, 0.29) is 5.72 Å². The lowest BCUT2D eigenvalue weighted by atomic mass is 9.91. The fourth-order valence-corrected chi connectivity index (χ4v) is 0.660. The van der Waals surface area contributed by atoms with Crippen LogP contribution in [0.25, 0.3) is 0 Å². The molecule has 0 amide bonds. The Morgan fingerprint density at radius 3 is 2.20 bits per heavy atom. The lowest BCUT2D eigenvalue weighted by Gasteiger charge is -1.94. The second kappa shape index (κ2) is 3.09. The highest BCUT2D eigenvalue weighted by Gasteiger charge is 2.13. The van der Waals surface area contributed by atoms with E-state index in [0.717, 1.165) is 0 Å². The Balaban J connectivity index is 2.89. The predicted octanol–water partition coefficient (Wildman–Crippen LogP) is -1.08. The lowest BCUT2D eigenvalue weighted by Crippen LogP contribution is -2.35. The molecule has 10 heavy (non-hydrogen) atoms. The van der Waals surface area contributed by atoms with Crippen LogP contribution in [0.4, 0.5) is 0 Å². The third kappa shape index (κ3) is 1.76. The van der Waals surface area contributed by atoms with E-state index in [1.165, 1.54) is 12.4 Å². The average molecular weight is 203 g/mol. The lowest BCUT2D eigenvalue weighted by molar-refractivity contribution is 0.422. The Kier molecular flexibility index (Phi) is 2.36. The smallest absolute Gasteiger partial charge is 0.421 e. The highest BCUT2D eigenvalue weighted by Crippen LogP contribution is 2.00. The van der Waals surface area contributed by atoms with Crippen LogP contribution in [0.1, 0.15) is 0 Å². The van der Waals surface area contributed by atoms with Crippen molar-refractivity contribution >= 4 is 28.8 Å². The first-order valence-corrected chi connectivity index (χ1v) is 3.33. The molecule has 4 nitrogen and oxygen atoms in total. The summed E-state index contributed by atoms with van der Waals surface area (Å²) in [5.41, 5.74) is 0.00296. The molecule has 1 aromatic rings. The molecule has 1 heterocycles. The van der Waals surface area contributed by atoms with Gasteiger partial charge in [0.25, 0.3) is 0 Å². The van der Waals surface area contributed by atoms with Gasteiger partial charge in [-0.1, -0.05) is 0 Å². The van der Waals surface area contributed by atoms with Gasteiger partial charge in [0.2, 0.25) is 0 Å². The van der Waals surface area contributed by atoms with Crippen LogP contribution in [0, 0.1) is 0 Å². The quantitative estimate of drug-likeness (QED) is 0.569. The maximum atomic E-state index is 8.53. The minimum absolute atomic E-state index is 0.00296. The Bertz CT molecular complexity index is 215. The third-order valence-electron chi connectivity index (χ3n) is 0.871. The molecule has 0 radical (unpaired) electrons. The minimum atomic E-state index is -1.59. The van der Waals surface area contributed by atoms with E-state index in [0.29, 0.717) is 4.47 Å². The molecule has 0 aliphatic carbocycles. The van der Waals surface area contributed by atoms with Crippen LogP contribution in [-0.4, -0.2) is 27.1 Å². The molecule has 0 aliphatic rings. The standard InChI is InChI=1S/C4H4BBrN2O2/c6-3-1-7-4(5(9)10)8-2-3/h1-2,9-10H. The van der Waals surface area contributed by atoms with Crippen LogP contribution < -0.4 is 5.72 Å². The van der Waals surface area contributed by atoms with Gasteiger partial charge in [0, 0.05) is 12.4 Å². The molecule has 0 unspecified atom stereocenters. The van der Waals surface area contributed by atoms with Crippen LogP contribution in [0.5, 0.6) is 0 Å². The molecular formula is C4H4BBrN2O2. The van der Waals surface area contributed by atoms with Gasteiger partial charge in [-0.15, -0.1) is 0 Å². The average Bonchev–Trinajstić information content (AvgIpc) is 1.88. The zero-order valence-corrected chi connectivity index (χ0v) is 6.48. The van der Waals surface area contributed by atoms with Crippen molar-refractivity contribution in [2.45, 2.75) is 0 Å². The SMILES string of the molecule is OB(O)c1ncc(Br)cn1. The summed E-state index contributed by atoms with van der Waals surface area (Å²) in [5, 5.41) is 17.1. The van der Waals surface area contributed by atoms with E-state index in [1.807, 2.05) is 0 Å². The molecule has 0 fully saturated rings. The Hall–Kier alpha value is -0.455. The molecule has 2 N–H and O–H groups in total. The summed E-state index contributed by atoms with van der Waals surface area (Å²) in [4.78, 5) is 7.24. The zero-order chi connectivity index (χ0) is 7.56. The molecule has 1 rings (SSSR count). The number of hydrogen-bond donors (Lipinski definition) is 2. The summed E-state index contributed by atoms with van der Waals surface area (Å²) in [6.45, 7) is 0. The molecule has 0 saturated heterocycles. The van der Waals surface area contributed by atoms with Gasteiger partial charge in [-0.2, -0.15) is 0 Å². The van der Waals surface area contributed by atoms with Crippen LogP contribution in [0.15, 0.2) is 16.9 Å². The molecule has 6 heteroatoms. The van der Waals surface area contributed by atoms with Crippen molar-refractivity contribution in [1.29, 1.82) is 0 Å². The van der Waals surface area contributed by atoms with Crippen molar-refractivity contribution in [3.8, 4) is 0 Å². The van der Waals surface area contributed by atoms with Crippen molar-refractivity contribution in [1.82, 2.24) is 9.97 Å². The monoisotopic (exact) mass is 202 g/mol. The van der Waals surface area contributed by atoms with Gasteiger partial charge < -0.3 is 10.0 Å². The molecule has 0 atom stereocenters. The normalized spacial score (nSPS) is 9.50. The van der Waals surface area contributed by atoms with E-state index in [1.54, 1.807) is 0 Å². The third-order valence-corrected chi connectivity index (χ3v) is 1.28. The summed E-state index contributed by atoms with van der Waals surface area (Å²) < 4.78 is 0.705. The summed E-state index contributed by atoms with van der Waals surface area (Å²) in [7, 11) is -1.59. The minimum Gasteiger partial charge on any atom is -0.421 e. The molecule has 0 aromatic carbocycles. The second-order valence-electron chi connectivity index (χ2n) is 1.63. The first-order valence-electron chi connectivity index (χ1n) is 2.54. The van der Waals surface area contributed by atoms with Crippen molar-refractivity contribution in [3.05, 3.63) is 16.9 Å².